The van der Waals surface area contributed by atoms with Crippen molar-refractivity contribution in [2.45, 2.75) is 6.54 Å². The van der Waals surface area contributed by atoms with Crippen LogP contribution in [0.25, 0.3) is 22.4 Å². The maximum Gasteiger partial charge on any atom is 0.319 e. The van der Waals surface area contributed by atoms with E-state index in [1.54, 1.807) is 0 Å². The Morgan fingerprint density at radius 1 is 0.966 bits per heavy atom. The first-order valence-electron chi connectivity index (χ1n) is 9.12. The van der Waals surface area contributed by atoms with Crippen molar-refractivity contribution in [1.82, 2.24) is 14.9 Å². The van der Waals surface area contributed by atoms with E-state index < -0.39 is 17.7 Å². The zero-order valence-electron chi connectivity index (χ0n) is 15.4. The first kappa shape index (κ1) is 18.6. The third kappa shape index (κ3) is 4.08. The molecule has 29 heavy (non-hydrogen) atoms. The molecule has 4 aromatic rings. The number of anilines is 1. The minimum absolute atomic E-state index is 0.0815. The van der Waals surface area contributed by atoms with Crippen LogP contribution in [-0.2, 0) is 6.54 Å². The summed E-state index contributed by atoms with van der Waals surface area (Å²) in [6, 6.07) is 20.0. The van der Waals surface area contributed by atoms with Gasteiger partial charge in [-0.25, -0.2) is 18.6 Å². The van der Waals surface area contributed by atoms with Gasteiger partial charge in [-0.3, -0.25) is 0 Å². The number of nitrogens with one attached hydrogen (secondary N) is 2. The van der Waals surface area contributed by atoms with Gasteiger partial charge in [0.05, 0.1) is 16.7 Å². The second kappa shape index (κ2) is 8.10. The van der Waals surface area contributed by atoms with E-state index in [1.807, 2.05) is 59.2 Å². The van der Waals surface area contributed by atoms with Gasteiger partial charge in [-0.2, -0.15) is 0 Å². The van der Waals surface area contributed by atoms with Gasteiger partial charge in [-0.05, 0) is 24.3 Å². The zero-order chi connectivity index (χ0) is 20.2. The van der Waals surface area contributed by atoms with Crippen LogP contribution in [0.15, 0.2) is 72.8 Å². The van der Waals surface area contributed by atoms with Gasteiger partial charge in [0.15, 0.2) is 0 Å². The SMILES string of the molecule is O=C(NCCn1c(-c2ccccc2)nc2ccccc21)Nc1ccc(F)cc1F. The first-order valence-corrected chi connectivity index (χ1v) is 9.12. The molecule has 0 radical (unpaired) electrons. The third-order valence-corrected chi connectivity index (χ3v) is 4.49. The number of imidazole rings is 1. The molecule has 0 saturated heterocycles. The number of hydrogen-bond acceptors (Lipinski definition) is 2. The fraction of sp³-hybridized carbons (Fsp3) is 0.0909. The monoisotopic (exact) mass is 392 g/mol. The molecular formula is C22H18F2N4O. The van der Waals surface area contributed by atoms with Crippen molar-refractivity contribution in [2.24, 2.45) is 0 Å². The Kier molecular flexibility index (Phi) is 5.20. The highest BCUT2D eigenvalue weighted by Gasteiger charge is 2.13. The first-order chi connectivity index (χ1) is 14.1. The molecule has 146 valence electrons. The van der Waals surface area contributed by atoms with Gasteiger partial charge in [0.25, 0.3) is 0 Å². The molecule has 2 N–H and O–H groups in total. The Morgan fingerprint density at radius 3 is 2.52 bits per heavy atom. The average Bonchev–Trinajstić information content (AvgIpc) is 3.10. The molecule has 0 fully saturated rings. The van der Waals surface area contributed by atoms with Crippen LogP contribution < -0.4 is 10.6 Å². The second-order valence-corrected chi connectivity index (χ2v) is 6.45. The topological polar surface area (TPSA) is 59.0 Å². The average molecular weight is 392 g/mol. The van der Waals surface area contributed by atoms with Crippen LogP contribution in [0, 0.1) is 11.6 Å². The summed E-state index contributed by atoms with van der Waals surface area (Å²) in [7, 11) is 0. The summed E-state index contributed by atoms with van der Waals surface area (Å²) in [5, 5.41) is 5.08. The molecule has 1 heterocycles. The number of carbonyl (C=O) groups excluding carboxylic acids is 1. The van der Waals surface area contributed by atoms with E-state index in [0.29, 0.717) is 13.1 Å². The number of carbonyl (C=O) groups is 1. The van der Waals surface area contributed by atoms with Crippen LogP contribution in [0.2, 0.25) is 0 Å². The van der Waals surface area contributed by atoms with Crippen molar-refractivity contribution in [3.63, 3.8) is 0 Å². The maximum atomic E-state index is 13.7. The number of hydrogen-bond donors (Lipinski definition) is 2. The number of para-hydroxylation sites is 2. The molecule has 1 aromatic heterocycles. The number of fused-ring (bicyclic) bond motifs is 1. The van der Waals surface area contributed by atoms with Crippen molar-refractivity contribution < 1.29 is 13.6 Å². The summed E-state index contributed by atoms with van der Waals surface area (Å²) in [4.78, 5) is 16.8. The lowest BCUT2D eigenvalue weighted by atomic mass is 10.2. The standard InChI is InChI=1S/C22H18F2N4O/c23-16-10-11-18(17(24)14-16)27-22(29)25-12-13-28-20-9-5-4-8-19(20)26-21(28)15-6-2-1-3-7-15/h1-11,14H,12-13H2,(H2,25,27,29). The third-order valence-electron chi connectivity index (χ3n) is 4.49. The van der Waals surface area contributed by atoms with Crippen LogP contribution in [0.1, 0.15) is 0 Å². The number of amides is 2. The predicted octanol–water partition coefficient (Wildman–Crippen LogP) is 4.80. The van der Waals surface area contributed by atoms with Crippen LogP contribution in [-0.4, -0.2) is 22.1 Å². The van der Waals surface area contributed by atoms with Gasteiger partial charge in [-0.15, -0.1) is 0 Å². The number of urea groups is 1. The molecule has 0 aliphatic heterocycles. The summed E-state index contributed by atoms with van der Waals surface area (Å²) in [6.45, 7) is 0.777. The number of nitrogens with zero attached hydrogens (tertiary/aromatic N) is 2. The Bertz CT molecular complexity index is 1160. The Hall–Kier alpha value is -3.74. The summed E-state index contributed by atoms with van der Waals surface area (Å²) in [6.07, 6.45) is 0. The van der Waals surface area contributed by atoms with Crippen LogP contribution >= 0.6 is 0 Å². The fourth-order valence-corrected chi connectivity index (χ4v) is 3.15. The number of aromatic nitrogens is 2. The molecule has 0 spiro atoms. The fourth-order valence-electron chi connectivity index (χ4n) is 3.15. The van der Waals surface area contributed by atoms with E-state index in [2.05, 4.69) is 10.6 Å². The quantitative estimate of drug-likeness (QED) is 0.512. The van der Waals surface area contributed by atoms with Crippen LogP contribution in [0.3, 0.4) is 0 Å². The van der Waals surface area contributed by atoms with Crippen molar-refractivity contribution in [1.29, 1.82) is 0 Å². The minimum Gasteiger partial charge on any atom is -0.336 e. The van der Waals surface area contributed by atoms with Gasteiger partial charge in [0.2, 0.25) is 0 Å². The lowest BCUT2D eigenvalue weighted by molar-refractivity contribution is 0.251. The predicted molar refractivity (Wildman–Crippen MR) is 109 cm³/mol. The van der Waals surface area contributed by atoms with Gasteiger partial charge < -0.3 is 15.2 Å². The molecule has 0 saturated carbocycles. The molecule has 0 unspecified atom stereocenters. The van der Waals surface area contributed by atoms with E-state index in [1.165, 1.54) is 6.07 Å². The smallest absolute Gasteiger partial charge is 0.319 e. The highest BCUT2D eigenvalue weighted by atomic mass is 19.1. The molecule has 0 aliphatic rings. The lowest BCUT2D eigenvalue weighted by Gasteiger charge is -2.12. The molecule has 4 rings (SSSR count). The highest BCUT2D eigenvalue weighted by Crippen LogP contribution is 2.24. The molecular weight excluding hydrogens is 374 g/mol. The van der Waals surface area contributed by atoms with Crippen molar-refractivity contribution in [3.05, 3.63) is 84.4 Å². The van der Waals surface area contributed by atoms with E-state index in [4.69, 9.17) is 4.98 Å². The van der Waals surface area contributed by atoms with E-state index in [-0.39, 0.29) is 5.69 Å². The number of rotatable bonds is 5. The van der Waals surface area contributed by atoms with Crippen molar-refractivity contribution in [3.8, 4) is 11.4 Å². The normalized spacial score (nSPS) is 10.8. The van der Waals surface area contributed by atoms with Crippen molar-refractivity contribution >= 4 is 22.8 Å². The van der Waals surface area contributed by atoms with Crippen LogP contribution in [0.4, 0.5) is 19.3 Å². The van der Waals surface area contributed by atoms with Gasteiger partial charge in [-0.1, -0.05) is 42.5 Å². The molecule has 5 nitrogen and oxygen atoms in total. The lowest BCUT2D eigenvalue weighted by Crippen LogP contribution is -2.31. The van der Waals surface area contributed by atoms with E-state index in [0.717, 1.165) is 34.6 Å². The number of benzene rings is 3. The molecule has 0 aliphatic carbocycles. The van der Waals surface area contributed by atoms with Crippen LogP contribution in [0.5, 0.6) is 0 Å². The highest BCUT2D eigenvalue weighted by molar-refractivity contribution is 5.89. The second-order valence-electron chi connectivity index (χ2n) is 6.45. The molecule has 7 heteroatoms. The largest absolute Gasteiger partial charge is 0.336 e. The Morgan fingerprint density at radius 2 is 1.72 bits per heavy atom. The Balaban J connectivity index is 1.49. The van der Waals surface area contributed by atoms with E-state index >= 15 is 0 Å². The summed E-state index contributed by atoms with van der Waals surface area (Å²) in [5.74, 6) is -0.723. The maximum absolute atomic E-state index is 13.7. The van der Waals surface area contributed by atoms with Gasteiger partial charge in [0, 0.05) is 24.7 Å². The molecule has 0 bridgehead atoms. The molecule has 3 aromatic carbocycles. The molecule has 0 atom stereocenters. The van der Waals surface area contributed by atoms with Gasteiger partial charge >= 0.3 is 6.03 Å². The minimum atomic E-state index is -0.827. The summed E-state index contributed by atoms with van der Waals surface area (Å²) in [5.41, 5.74) is 2.71. The zero-order valence-corrected chi connectivity index (χ0v) is 15.4. The summed E-state index contributed by atoms with van der Waals surface area (Å²) >= 11 is 0. The number of halogens is 2. The van der Waals surface area contributed by atoms with Gasteiger partial charge in [0.1, 0.15) is 17.5 Å². The van der Waals surface area contributed by atoms with E-state index in [9.17, 15) is 13.6 Å². The molecule has 2 amide bonds. The Labute approximate surface area is 166 Å². The van der Waals surface area contributed by atoms with Crippen molar-refractivity contribution in [2.75, 3.05) is 11.9 Å². The summed E-state index contributed by atoms with van der Waals surface area (Å²) < 4.78 is 28.7.